The molecular weight excluding hydrogens is 378 g/mol. The van der Waals surface area contributed by atoms with Crippen LogP contribution >= 0.6 is 0 Å². The molecule has 0 radical (unpaired) electrons. The van der Waals surface area contributed by atoms with Crippen molar-refractivity contribution < 1.29 is 18.3 Å². The van der Waals surface area contributed by atoms with Gasteiger partial charge in [-0.3, -0.25) is 4.79 Å². The molecule has 158 valence electrons. The van der Waals surface area contributed by atoms with Crippen molar-refractivity contribution in [2.45, 2.75) is 57.9 Å². The summed E-state index contributed by atoms with van der Waals surface area (Å²) in [4.78, 5) is 25.1. The molecule has 4 atom stereocenters. The second-order valence-corrected chi connectivity index (χ2v) is 8.97. The van der Waals surface area contributed by atoms with Crippen LogP contribution < -0.4 is 9.80 Å². The molecule has 6 nitrogen and oxygen atoms in total. The number of rotatable bonds is 5. The molecule has 3 fully saturated rings. The number of carbonyl (C=O) groups is 1. The van der Waals surface area contributed by atoms with Crippen LogP contribution in [0.15, 0.2) is 0 Å². The summed E-state index contributed by atoms with van der Waals surface area (Å²) >= 11 is 0. The second-order valence-electron chi connectivity index (χ2n) is 8.97. The fraction of sp³-hybridized carbons (Fsp3) is 0.762. The maximum atomic E-state index is 14.7. The van der Waals surface area contributed by atoms with Gasteiger partial charge in [0.1, 0.15) is 11.5 Å². The average molecular weight is 406 g/mol. The summed E-state index contributed by atoms with van der Waals surface area (Å²) in [6, 6.07) is 0.291. The molecule has 5 rings (SSSR count). The number of piperidine rings is 1. The topological polar surface area (TPSA) is 58.6 Å². The molecule has 1 unspecified atom stereocenters. The maximum absolute atomic E-state index is 14.7. The number of ether oxygens (including phenoxy) is 1. The molecule has 2 aliphatic carbocycles. The molecule has 1 aromatic heterocycles. The van der Waals surface area contributed by atoms with E-state index in [9.17, 15) is 13.6 Å². The van der Waals surface area contributed by atoms with E-state index in [4.69, 9.17) is 9.72 Å². The molecule has 4 aliphatic rings. The van der Waals surface area contributed by atoms with Crippen molar-refractivity contribution in [2.24, 2.45) is 17.8 Å². The first-order chi connectivity index (χ1) is 13.9. The van der Waals surface area contributed by atoms with E-state index < -0.39 is 5.92 Å². The SMILES string of the molecule is CCOC(=O)CC1[C@H]2CN(c3nc(N4CC[C@@H]4C)nc4c3CCCC4(F)F)C[C@@H]12. The highest BCUT2D eigenvalue weighted by Gasteiger charge is 2.57. The van der Waals surface area contributed by atoms with Crippen LogP contribution in [0.2, 0.25) is 0 Å². The fourth-order valence-electron chi connectivity index (χ4n) is 5.34. The summed E-state index contributed by atoms with van der Waals surface area (Å²) in [5.41, 5.74) is 0.563. The smallest absolute Gasteiger partial charge is 0.306 e. The van der Waals surface area contributed by atoms with Crippen molar-refractivity contribution in [2.75, 3.05) is 36.0 Å². The normalized spacial score (nSPS) is 31.7. The number of esters is 1. The largest absolute Gasteiger partial charge is 0.466 e. The minimum Gasteiger partial charge on any atom is -0.466 e. The summed E-state index contributed by atoms with van der Waals surface area (Å²) in [6.07, 6.45) is 2.43. The Morgan fingerprint density at radius 1 is 1.28 bits per heavy atom. The van der Waals surface area contributed by atoms with Crippen molar-refractivity contribution >= 4 is 17.7 Å². The lowest BCUT2D eigenvalue weighted by atomic mass is 9.92. The average Bonchev–Trinajstić information content (AvgIpc) is 3.10. The molecule has 0 amide bonds. The van der Waals surface area contributed by atoms with Gasteiger partial charge in [-0.2, -0.15) is 13.8 Å². The van der Waals surface area contributed by atoms with Gasteiger partial charge in [0, 0.05) is 44.1 Å². The van der Waals surface area contributed by atoms with Gasteiger partial charge in [-0.15, -0.1) is 0 Å². The van der Waals surface area contributed by atoms with Crippen LogP contribution in [0.1, 0.15) is 50.8 Å². The third kappa shape index (κ3) is 3.15. The zero-order valence-electron chi connectivity index (χ0n) is 17.0. The number of aromatic nitrogens is 2. The van der Waals surface area contributed by atoms with E-state index in [1.807, 2.05) is 11.8 Å². The van der Waals surface area contributed by atoms with Gasteiger partial charge >= 0.3 is 5.97 Å². The Kier molecular flexibility index (Phi) is 4.44. The molecule has 1 saturated carbocycles. The van der Waals surface area contributed by atoms with E-state index in [0.717, 1.165) is 26.1 Å². The molecule has 0 aromatic carbocycles. The number of anilines is 2. The van der Waals surface area contributed by atoms with Crippen LogP contribution in [0.25, 0.3) is 0 Å². The van der Waals surface area contributed by atoms with Crippen molar-refractivity contribution in [3.63, 3.8) is 0 Å². The van der Waals surface area contributed by atoms with E-state index >= 15 is 0 Å². The Balaban J connectivity index is 1.40. The Labute approximate surface area is 169 Å². The number of hydrogen-bond donors (Lipinski definition) is 0. The first-order valence-electron chi connectivity index (χ1n) is 10.9. The molecule has 2 aliphatic heterocycles. The summed E-state index contributed by atoms with van der Waals surface area (Å²) in [5.74, 6) is -0.649. The standard InChI is InChI=1S/C21H28F2N4O2/c1-3-29-17(28)9-14-15-10-26(11-16(14)15)19-13-5-4-7-21(22,23)18(13)24-20(25-19)27-8-6-12(27)2/h12,14-16H,3-11H2,1-2H3/t12-,14?,15-,16+/m0/s1. The molecule has 0 N–H and O–H groups in total. The summed E-state index contributed by atoms with van der Waals surface area (Å²) in [7, 11) is 0. The van der Waals surface area contributed by atoms with Crippen LogP contribution in [0.4, 0.5) is 20.5 Å². The van der Waals surface area contributed by atoms with Gasteiger partial charge in [-0.25, -0.2) is 4.98 Å². The molecule has 1 aromatic rings. The monoisotopic (exact) mass is 406 g/mol. The van der Waals surface area contributed by atoms with E-state index in [1.165, 1.54) is 0 Å². The Morgan fingerprint density at radius 2 is 2.03 bits per heavy atom. The highest BCUT2D eigenvalue weighted by molar-refractivity contribution is 5.70. The van der Waals surface area contributed by atoms with Crippen LogP contribution in [0.5, 0.6) is 0 Å². The zero-order valence-corrected chi connectivity index (χ0v) is 17.0. The minimum absolute atomic E-state index is 0.0634. The predicted molar refractivity (Wildman–Crippen MR) is 104 cm³/mol. The van der Waals surface area contributed by atoms with Crippen LogP contribution in [0, 0.1) is 17.8 Å². The van der Waals surface area contributed by atoms with Gasteiger partial charge in [0.2, 0.25) is 5.95 Å². The van der Waals surface area contributed by atoms with Crippen LogP contribution in [-0.4, -0.2) is 48.2 Å². The summed E-state index contributed by atoms with van der Waals surface area (Å²) < 4.78 is 34.5. The molecule has 2 saturated heterocycles. The van der Waals surface area contributed by atoms with Crippen LogP contribution in [0.3, 0.4) is 0 Å². The van der Waals surface area contributed by atoms with Crippen molar-refractivity contribution in [1.82, 2.24) is 9.97 Å². The number of nitrogens with zero attached hydrogens (tertiary/aromatic N) is 4. The van der Waals surface area contributed by atoms with Crippen molar-refractivity contribution in [1.29, 1.82) is 0 Å². The molecule has 0 bridgehead atoms. The van der Waals surface area contributed by atoms with E-state index in [-0.39, 0.29) is 18.1 Å². The molecule has 8 heteroatoms. The Morgan fingerprint density at radius 3 is 2.66 bits per heavy atom. The summed E-state index contributed by atoms with van der Waals surface area (Å²) in [6.45, 7) is 6.68. The lowest BCUT2D eigenvalue weighted by Crippen LogP contribution is -2.47. The van der Waals surface area contributed by atoms with E-state index in [1.54, 1.807) is 0 Å². The highest BCUT2D eigenvalue weighted by atomic mass is 19.3. The van der Waals surface area contributed by atoms with Gasteiger partial charge < -0.3 is 14.5 Å². The summed E-state index contributed by atoms with van der Waals surface area (Å²) in [5, 5.41) is 0. The number of halogens is 2. The first-order valence-corrected chi connectivity index (χ1v) is 10.9. The molecule has 0 spiro atoms. The third-order valence-corrected chi connectivity index (χ3v) is 7.19. The lowest BCUT2D eigenvalue weighted by molar-refractivity contribution is -0.143. The molecular formula is C21H28F2N4O2. The molecule has 3 heterocycles. The quantitative estimate of drug-likeness (QED) is 0.701. The molecule has 29 heavy (non-hydrogen) atoms. The highest BCUT2D eigenvalue weighted by Crippen LogP contribution is 2.55. The predicted octanol–water partition coefficient (Wildman–Crippen LogP) is 3.14. The van der Waals surface area contributed by atoms with Gasteiger partial charge in [0.05, 0.1) is 6.61 Å². The number of alkyl halides is 2. The van der Waals surface area contributed by atoms with Gasteiger partial charge in [-0.05, 0) is 50.9 Å². The van der Waals surface area contributed by atoms with Gasteiger partial charge in [0.15, 0.2) is 0 Å². The second kappa shape index (κ2) is 6.77. The number of hydrogen-bond acceptors (Lipinski definition) is 6. The lowest BCUT2D eigenvalue weighted by Gasteiger charge is -2.40. The van der Waals surface area contributed by atoms with Crippen molar-refractivity contribution in [3.8, 4) is 0 Å². The van der Waals surface area contributed by atoms with Gasteiger partial charge in [-0.1, -0.05) is 0 Å². The number of carbonyl (C=O) groups excluding carboxylic acids is 1. The maximum Gasteiger partial charge on any atom is 0.306 e. The van der Waals surface area contributed by atoms with E-state index in [2.05, 4.69) is 16.8 Å². The Hall–Kier alpha value is -1.99. The third-order valence-electron chi connectivity index (χ3n) is 7.19. The van der Waals surface area contributed by atoms with Crippen molar-refractivity contribution in [3.05, 3.63) is 11.3 Å². The Bertz CT molecular complexity index is 821. The zero-order chi connectivity index (χ0) is 20.3. The number of fused-ring (bicyclic) bond motifs is 2. The first kappa shape index (κ1) is 19.0. The fourth-order valence-corrected chi connectivity index (χ4v) is 5.34. The van der Waals surface area contributed by atoms with Crippen LogP contribution in [-0.2, 0) is 21.9 Å². The minimum atomic E-state index is -2.89. The van der Waals surface area contributed by atoms with Gasteiger partial charge in [0.25, 0.3) is 5.92 Å². The van der Waals surface area contributed by atoms with E-state index in [0.29, 0.717) is 67.0 Å².